The third-order valence-electron chi connectivity index (χ3n) is 3.38. The van der Waals surface area contributed by atoms with Crippen LogP contribution in [-0.4, -0.2) is 31.0 Å². The van der Waals surface area contributed by atoms with Gasteiger partial charge in [0.15, 0.2) is 0 Å². The van der Waals surface area contributed by atoms with Gasteiger partial charge in [0.25, 0.3) is 0 Å². The van der Waals surface area contributed by atoms with Crippen LogP contribution < -0.4 is 26.5 Å². The molecule has 1 amide bonds. The molecule has 3 rings (SSSR count). The Kier molecular flexibility index (Phi) is 1.69. The van der Waals surface area contributed by atoms with Crippen molar-refractivity contribution in [3.05, 3.63) is 0 Å². The molecule has 0 aromatic carbocycles. The quantitative estimate of drug-likeness (QED) is 0.410. The van der Waals surface area contributed by atoms with Crippen LogP contribution in [0.2, 0.25) is 0 Å². The SMILES string of the molecule is O=C1N[C@H](CCO)C2[I-]C3(CC3)C12. The summed E-state index contributed by atoms with van der Waals surface area (Å²) in [6.07, 6.45) is 3.38. The van der Waals surface area contributed by atoms with Crippen molar-refractivity contribution in [3.8, 4) is 0 Å². The summed E-state index contributed by atoms with van der Waals surface area (Å²) in [4.78, 5) is 11.6. The molecule has 1 saturated carbocycles. The van der Waals surface area contributed by atoms with Crippen LogP contribution in [0, 0.1) is 5.92 Å². The van der Waals surface area contributed by atoms with Crippen LogP contribution in [0.15, 0.2) is 0 Å². The van der Waals surface area contributed by atoms with Gasteiger partial charge >= 0.3 is 87.5 Å². The number of nitrogens with one attached hydrogen (secondary N) is 1. The summed E-state index contributed by atoms with van der Waals surface area (Å²) >= 11 is 0.238. The monoisotopic (exact) mass is 294 g/mol. The van der Waals surface area contributed by atoms with Gasteiger partial charge in [0, 0.05) is 0 Å². The molecule has 74 valence electrons. The first-order chi connectivity index (χ1) is 6.27. The van der Waals surface area contributed by atoms with Crippen LogP contribution in [0.1, 0.15) is 19.3 Å². The third kappa shape index (κ3) is 1.02. The van der Waals surface area contributed by atoms with Crippen molar-refractivity contribution in [3.63, 3.8) is 0 Å². The fourth-order valence-electron chi connectivity index (χ4n) is 2.55. The van der Waals surface area contributed by atoms with Crippen molar-refractivity contribution in [2.24, 2.45) is 5.92 Å². The Morgan fingerprint density at radius 1 is 1.62 bits per heavy atom. The molecule has 3 fully saturated rings. The van der Waals surface area contributed by atoms with Crippen molar-refractivity contribution < 1.29 is 31.1 Å². The number of aliphatic hydroxyl groups excluding tert-OH is 1. The predicted octanol–water partition coefficient (Wildman–Crippen LogP) is -3.51. The zero-order chi connectivity index (χ0) is 9.05. The van der Waals surface area contributed by atoms with E-state index in [0.717, 1.165) is 6.42 Å². The molecule has 2 unspecified atom stereocenters. The predicted molar refractivity (Wildman–Crippen MR) is 42.9 cm³/mol. The second-order valence-electron chi connectivity index (χ2n) is 4.19. The molecule has 2 N–H and O–H groups in total. The van der Waals surface area contributed by atoms with E-state index in [4.69, 9.17) is 5.11 Å². The van der Waals surface area contributed by atoms with Gasteiger partial charge in [-0.3, -0.25) is 0 Å². The summed E-state index contributed by atoms with van der Waals surface area (Å²) in [5, 5.41) is 11.9. The van der Waals surface area contributed by atoms with E-state index in [0.29, 0.717) is 19.3 Å². The number of fused-ring (bicyclic) bond motifs is 2. The number of rotatable bonds is 2. The topological polar surface area (TPSA) is 49.3 Å². The average molecular weight is 294 g/mol. The van der Waals surface area contributed by atoms with E-state index in [1.54, 1.807) is 0 Å². The summed E-state index contributed by atoms with van der Waals surface area (Å²) < 4.78 is 1.19. The molecule has 0 bridgehead atoms. The summed E-state index contributed by atoms with van der Waals surface area (Å²) in [5.41, 5.74) is 0. The van der Waals surface area contributed by atoms with Gasteiger partial charge in [-0.1, -0.05) is 0 Å². The van der Waals surface area contributed by atoms with Gasteiger partial charge < -0.3 is 0 Å². The number of carbonyl (C=O) groups is 1. The number of alkyl halides is 2. The minimum absolute atomic E-state index is 0.213. The molecule has 1 spiro atoms. The van der Waals surface area contributed by atoms with Crippen LogP contribution in [-0.2, 0) is 4.79 Å². The van der Waals surface area contributed by atoms with E-state index in [1.165, 1.54) is 12.8 Å². The van der Waals surface area contributed by atoms with Crippen molar-refractivity contribution in [2.75, 3.05) is 6.61 Å². The Morgan fingerprint density at radius 3 is 3.00 bits per heavy atom. The molecule has 2 aliphatic heterocycles. The van der Waals surface area contributed by atoms with Crippen molar-refractivity contribution >= 4 is 5.91 Å². The van der Waals surface area contributed by atoms with E-state index in [1.807, 2.05) is 0 Å². The van der Waals surface area contributed by atoms with Crippen molar-refractivity contribution in [1.29, 1.82) is 0 Å². The molecule has 13 heavy (non-hydrogen) atoms. The van der Waals surface area contributed by atoms with E-state index in [-0.39, 0.29) is 33.7 Å². The Morgan fingerprint density at radius 2 is 2.38 bits per heavy atom. The van der Waals surface area contributed by atoms with E-state index in [2.05, 4.69) is 5.32 Å². The second-order valence-corrected chi connectivity index (χ2v) is 8.40. The summed E-state index contributed by atoms with van der Waals surface area (Å²) in [5.74, 6) is 0.642. The maximum absolute atomic E-state index is 11.6. The number of aliphatic hydroxyl groups is 1. The van der Waals surface area contributed by atoms with E-state index in [9.17, 15) is 4.79 Å². The normalized spacial score (nSPS) is 44.7. The Hall–Kier alpha value is 0.160. The first-order valence-corrected chi connectivity index (χ1v) is 7.15. The number of amides is 1. The first-order valence-electron chi connectivity index (χ1n) is 4.83. The molecule has 3 aliphatic rings. The van der Waals surface area contributed by atoms with Crippen LogP contribution in [0.4, 0.5) is 0 Å². The van der Waals surface area contributed by atoms with Gasteiger partial charge in [-0.25, -0.2) is 0 Å². The van der Waals surface area contributed by atoms with Gasteiger partial charge in [0.1, 0.15) is 0 Å². The van der Waals surface area contributed by atoms with Gasteiger partial charge in [-0.15, -0.1) is 0 Å². The molecule has 1 aliphatic carbocycles. The van der Waals surface area contributed by atoms with Crippen LogP contribution in [0.25, 0.3) is 0 Å². The number of hydrogen-bond donors (Lipinski definition) is 2. The molecular formula is C9H13INO2-. The van der Waals surface area contributed by atoms with E-state index >= 15 is 0 Å². The van der Waals surface area contributed by atoms with Gasteiger partial charge in [-0.2, -0.15) is 0 Å². The fraction of sp³-hybridized carbons (Fsp3) is 0.889. The Balaban J connectivity index is 1.76. The summed E-state index contributed by atoms with van der Waals surface area (Å²) in [6, 6.07) is 0.321. The zero-order valence-corrected chi connectivity index (χ0v) is 9.45. The Labute approximate surface area is 87.5 Å². The second kappa shape index (κ2) is 2.59. The maximum atomic E-state index is 11.6. The third-order valence-corrected chi connectivity index (χ3v) is 8.68. The molecule has 3 nitrogen and oxygen atoms in total. The van der Waals surface area contributed by atoms with Gasteiger partial charge in [0.05, 0.1) is 0 Å². The van der Waals surface area contributed by atoms with E-state index < -0.39 is 0 Å². The number of hydrogen-bond acceptors (Lipinski definition) is 2. The van der Waals surface area contributed by atoms with Gasteiger partial charge in [0.2, 0.25) is 0 Å². The minimum atomic E-state index is 0.213. The Bertz CT molecular complexity index is 264. The zero-order valence-electron chi connectivity index (χ0n) is 7.29. The molecule has 0 radical (unpaired) electrons. The molecule has 0 aromatic heterocycles. The molecular weight excluding hydrogens is 281 g/mol. The van der Waals surface area contributed by atoms with Crippen LogP contribution in [0.5, 0.6) is 0 Å². The first kappa shape index (κ1) is 8.47. The van der Waals surface area contributed by atoms with Gasteiger partial charge in [-0.05, 0) is 0 Å². The summed E-state index contributed by atoms with van der Waals surface area (Å²) in [6.45, 7) is 0.213. The standard InChI is InChI=1S/C9H13INO2/c12-4-1-5-7-6(8(13)11-5)9(10-7)2-3-9/h5-7,12H,1-4H2,(H,11,13)/q-1/t5-,6?,7?/m1/s1. The number of carbonyl (C=O) groups excluding carboxylic acids is 1. The molecule has 2 saturated heterocycles. The molecule has 0 aromatic rings. The fourth-order valence-corrected chi connectivity index (χ4v) is 7.69. The average Bonchev–Trinajstić information content (AvgIpc) is 2.76. The molecule has 4 heteroatoms. The number of halogens is 1. The molecule has 3 atom stereocenters. The molecule has 2 heterocycles. The summed E-state index contributed by atoms with van der Waals surface area (Å²) in [7, 11) is 0. The van der Waals surface area contributed by atoms with Crippen LogP contribution in [0.3, 0.4) is 0 Å². The van der Waals surface area contributed by atoms with Crippen molar-refractivity contribution in [2.45, 2.75) is 32.7 Å². The van der Waals surface area contributed by atoms with Crippen molar-refractivity contribution in [1.82, 2.24) is 5.32 Å². The van der Waals surface area contributed by atoms with Crippen LogP contribution >= 0.6 is 0 Å².